The summed E-state index contributed by atoms with van der Waals surface area (Å²) in [6.07, 6.45) is 5.13. The van der Waals surface area contributed by atoms with Gasteiger partial charge in [0.1, 0.15) is 0 Å². The average Bonchev–Trinajstić information content (AvgIpc) is 2.85. The van der Waals surface area contributed by atoms with Crippen LogP contribution in [0.4, 0.5) is 0 Å². The van der Waals surface area contributed by atoms with E-state index in [0.29, 0.717) is 0 Å². The second kappa shape index (κ2) is 3.63. The van der Waals surface area contributed by atoms with Gasteiger partial charge in [0.15, 0.2) is 0 Å². The summed E-state index contributed by atoms with van der Waals surface area (Å²) in [6, 6.07) is 5.16. The lowest BCUT2D eigenvalue weighted by Crippen LogP contribution is -2.22. The van der Waals surface area contributed by atoms with Crippen LogP contribution in [0.25, 0.3) is 6.08 Å². The van der Waals surface area contributed by atoms with Crippen molar-refractivity contribution >= 4 is 29.2 Å². The van der Waals surface area contributed by atoms with Crippen LogP contribution in [0.1, 0.15) is 17.7 Å². The quantitative estimate of drug-likeness (QED) is 0.719. The van der Waals surface area contributed by atoms with Crippen LogP contribution < -0.4 is 0 Å². The minimum Gasteiger partial charge on any atom is -0.363 e. The summed E-state index contributed by atoms with van der Waals surface area (Å²) in [5.74, 6) is 1.30. The van der Waals surface area contributed by atoms with E-state index in [9.17, 15) is 0 Å². The van der Waals surface area contributed by atoms with Gasteiger partial charge in [-0.05, 0) is 30.4 Å². The van der Waals surface area contributed by atoms with E-state index in [1.165, 1.54) is 35.0 Å². The lowest BCUT2D eigenvalue weighted by Gasteiger charge is -2.17. The van der Waals surface area contributed by atoms with E-state index in [1.54, 1.807) is 0 Å². The number of thiophene rings is 1. The van der Waals surface area contributed by atoms with Crippen LogP contribution in [0, 0.1) is 0 Å². The molecule has 0 unspecified atom stereocenters. The number of thioether (sulfide) groups is 1. The van der Waals surface area contributed by atoms with Crippen LogP contribution in [0.5, 0.6) is 0 Å². The van der Waals surface area contributed by atoms with Crippen molar-refractivity contribution in [2.24, 2.45) is 0 Å². The normalized spacial score (nSPS) is 28.7. The smallest absolute Gasteiger partial charge is 0.0725 e. The van der Waals surface area contributed by atoms with Gasteiger partial charge in [0.25, 0.3) is 0 Å². The Hall–Kier alpha value is -0.410. The van der Waals surface area contributed by atoms with Gasteiger partial charge in [-0.25, -0.2) is 0 Å². The highest BCUT2D eigenvalue weighted by molar-refractivity contribution is 8.03. The molecule has 2 saturated heterocycles. The third-order valence-corrected chi connectivity index (χ3v) is 4.91. The molecule has 14 heavy (non-hydrogen) atoms. The van der Waals surface area contributed by atoms with Crippen molar-refractivity contribution in [3.63, 3.8) is 0 Å². The Morgan fingerprint density at radius 1 is 1.50 bits per heavy atom. The molecule has 2 fully saturated rings. The summed E-state index contributed by atoms with van der Waals surface area (Å²) in [7, 11) is 0. The second-order valence-corrected chi connectivity index (χ2v) is 5.82. The molecule has 0 N–H and O–H groups in total. The molecule has 3 heteroatoms. The summed E-state index contributed by atoms with van der Waals surface area (Å²) in [5, 5.41) is 3.64. The number of nitrogens with zero attached hydrogens (tertiary/aromatic N) is 1. The lowest BCUT2D eigenvalue weighted by molar-refractivity contribution is 0.385. The fourth-order valence-electron chi connectivity index (χ4n) is 2.18. The second-order valence-electron chi connectivity index (χ2n) is 3.80. The Kier molecular flexibility index (Phi) is 2.30. The molecule has 0 aromatic carbocycles. The van der Waals surface area contributed by atoms with E-state index >= 15 is 0 Å². The molecule has 0 spiro atoms. The van der Waals surface area contributed by atoms with Crippen LogP contribution in [-0.2, 0) is 0 Å². The minimum atomic E-state index is 0.839. The molecular formula is C11H13NS2. The number of hydrogen-bond acceptors (Lipinski definition) is 3. The predicted octanol–water partition coefficient (Wildman–Crippen LogP) is 3.26. The van der Waals surface area contributed by atoms with Crippen molar-refractivity contribution in [2.45, 2.75) is 18.9 Å². The molecule has 2 aliphatic rings. The summed E-state index contributed by atoms with van der Waals surface area (Å²) in [4.78, 5) is 3.98. The van der Waals surface area contributed by atoms with Crippen LogP contribution in [-0.4, -0.2) is 23.2 Å². The molecule has 1 atom stereocenters. The Bertz CT molecular complexity index is 342. The number of hydrogen-bond donors (Lipinski definition) is 0. The topological polar surface area (TPSA) is 3.24 Å². The van der Waals surface area contributed by atoms with Gasteiger partial charge in [-0.1, -0.05) is 6.07 Å². The first-order chi connectivity index (χ1) is 6.93. The molecule has 1 aromatic rings. The van der Waals surface area contributed by atoms with Crippen molar-refractivity contribution in [3.05, 3.63) is 27.4 Å². The van der Waals surface area contributed by atoms with Gasteiger partial charge in [0, 0.05) is 23.2 Å². The Balaban J connectivity index is 1.85. The molecule has 1 aromatic heterocycles. The van der Waals surface area contributed by atoms with Crippen molar-refractivity contribution in [1.82, 2.24) is 4.90 Å². The maximum Gasteiger partial charge on any atom is 0.0725 e. The van der Waals surface area contributed by atoms with E-state index in [1.807, 2.05) is 23.1 Å². The third kappa shape index (κ3) is 1.48. The molecule has 0 aliphatic carbocycles. The fraction of sp³-hybridized carbons (Fsp3) is 0.455. The van der Waals surface area contributed by atoms with E-state index in [-0.39, 0.29) is 0 Å². The Morgan fingerprint density at radius 3 is 3.36 bits per heavy atom. The molecule has 0 radical (unpaired) electrons. The van der Waals surface area contributed by atoms with E-state index in [0.717, 1.165) is 6.04 Å². The van der Waals surface area contributed by atoms with Crippen molar-refractivity contribution in [3.8, 4) is 0 Å². The van der Waals surface area contributed by atoms with Gasteiger partial charge in [-0.3, -0.25) is 0 Å². The van der Waals surface area contributed by atoms with Crippen LogP contribution in [0.3, 0.4) is 0 Å². The van der Waals surface area contributed by atoms with E-state index in [4.69, 9.17) is 0 Å². The molecule has 0 bridgehead atoms. The van der Waals surface area contributed by atoms with Gasteiger partial charge in [-0.2, -0.15) is 0 Å². The fourth-order valence-corrected chi connectivity index (χ4v) is 4.24. The maximum absolute atomic E-state index is 2.59. The number of fused-ring (bicyclic) bond motifs is 1. The molecule has 1 nitrogen and oxygen atoms in total. The average molecular weight is 223 g/mol. The molecule has 0 saturated carbocycles. The first-order valence-corrected chi connectivity index (χ1v) is 6.95. The monoisotopic (exact) mass is 223 g/mol. The standard InChI is InChI=1S/C11H13NS2/c1-3-9-8-14-11(12(9)5-1)7-10-4-2-6-13-10/h2,4,6-7,9H,1,3,5,8H2/b11-7+/t9-/m0/s1. The Morgan fingerprint density at radius 2 is 2.50 bits per heavy atom. The zero-order chi connectivity index (χ0) is 9.38. The largest absolute Gasteiger partial charge is 0.363 e. The zero-order valence-corrected chi connectivity index (χ0v) is 9.61. The first kappa shape index (κ1) is 8.86. The summed E-state index contributed by atoms with van der Waals surface area (Å²) in [5.41, 5.74) is 0. The summed E-state index contributed by atoms with van der Waals surface area (Å²) >= 11 is 3.85. The molecular weight excluding hydrogens is 210 g/mol. The van der Waals surface area contributed by atoms with Gasteiger partial charge < -0.3 is 4.90 Å². The minimum absolute atomic E-state index is 0.839. The molecule has 2 aliphatic heterocycles. The predicted molar refractivity (Wildman–Crippen MR) is 64.5 cm³/mol. The van der Waals surface area contributed by atoms with Crippen LogP contribution in [0.2, 0.25) is 0 Å². The van der Waals surface area contributed by atoms with Crippen LogP contribution in [0.15, 0.2) is 22.5 Å². The lowest BCUT2D eigenvalue weighted by atomic mass is 10.2. The van der Waals surface area contributed by atoms with Crippen LogP contribution >= 0.6 is 23.1 Å². The third-order valence-electron chi connectivity index (χ3n) is 2.89. The molecule has 3 rings (SSSR count). The maximum atomic E-state index is 2.59. The van der Waals surface area contributed by atoms with Gasteiger partial charge >= 0.3 is 0 Å². The van der Waals surface area contributed by atoms with Gasteiger partial charge in [-0.15, -0.1) is 23.1 Å². The van der Waals surface area contributed by atoms with E-state index in [2.05, 4.69) is 28.5 Å². The molecule has 3 heterocycles. The molecule has 74 valence electrons. The highest BCUT2D eigenvalue weighted by atomic mass is 32.2. The summed E-state index contributed by atoms with van der Waals surface area (Å²) < 4.78 is 0. The molecule has 0 amide bonds. The van der Waals surface area contributed by atoms with E-state index < -0.39 is 0 Å². The highest BCUT2D eigenvalue weighted by Gasteiger charge is 2.32. The summed E-state index contributed by atoms with van der Waals surface area (Å²) in [6.45, 7) is 1.27. The zero-order valence-electron chi connectivity index (χ0n) is 7.98. The van der Waals surface area contributed by atoms with Crippen molar-refractivity contribution < 1.29 is 0 Å². The Labute approximate surface area is 92.8 Å². The first-order valence-electron chi connectivity index (χ1n) is 5.08. The highest BCUT2D eigenvalue weighted by Crippen LogP contribution is 2.39. The van der Waals surface area contributed by atoms with Crippen molar-refractivity contribution in [2.75, 3.05) is 12.3 Å². The number of rotatable bonds is 1. The SMILES string of the molecule is C(=C1\SC[C@@H]2CCCN12)/c1cccs1. The van der Waals surface area contributed by atoms with Gasteiger partial charge in [0.05, 0.1) is 5.03 Å². The van der Waals surface area contributed by atoms with Crippen molar-refractivity contribution in [1.29, 1.82) is 0 Å². The van der Waals surface area contributed by atoms with Gasteiger partial charge in [0.2, 0.25) is 0 Å².